The van der Waals surface area contributed by atoms with Crippen LogP contribution in [-0.2, 0) is 14.3 Å². The van der Waals surface area contributed by atoms with Crippen molar-refractivity contribution < 1.29 is 29.3 Å². The molecular weight excluding hydrogens is 218 g/mol. The summed E-state index contributed by atoms with van der Waals surface area (Å²) in [5.41, 5.74) is 0. The number of carboxylic acids is 2. The van der Waals surface area contributed by atoms with Crippen molar-refractivity contribution >= 4 is 18.0 Å². The molecule has 1 amide bonds. The fourth-order valence-corrected chi connectivity index (χ4v) is 1.08. The van der Waals surface area contributed by atoms with Gasteiger partial charge in [0.2, 0.25) is 0 Å². The number of hydrogen-bond acceptors (Lipinski definition) is 4. The Labute approximate surface area is 92.4 Å². The lowest BCUT2D eigenvalue weighted by Gasteiger charge is -2.12. The summed E-state index contributed by atoms with van der Waals surface area (Å²) in [4.78, 5) is 31.7. The van der Waals surface area contributed by atoms with E-state index < -0.39 is 24.1 Å². The summed E-state index contributed by atoms with van der Waals surface area (Å²) in [7, 11) is 1.14. The first-order chi connectivity index (χ1) is 7.47. The van der Waals surface area contributed by atoms with Gasteiger partial charge in [0.25, 0.3) is 0 Å². The van der Waals surface area contributed by atoms with Crippen LogP contribution in [0, 0.1) is 0 Å². The van der Waals surface area contributed by atoms with E-state index in [1.807, 2.05) is 0 Å². The van der Waals surface area contributed by atoms with Crippen molar-refractivity contribution in [1.29, 1.82) is 0 Å². The van der Waals surface area contributed by atoms with Crippen molar-refractivity contribution in [2.75, 3.05) is 7.11 Å². The first-order valence-corrected chi connectivity index (χ1v) is 4.76. The fourth-order valence-electron chi connectivity index (χ4n) is 1.08. The Balaban J connectivity index is 3.90. The summed E-state index contributed by atoms with van der Waals surface area (Å²) < 4.78 is 4.27. The van der Waals surface area contributed by atoms with E-state index in [2.05, 4.69) is 10.1 Å². The average molecular weight is 233 g/mol. The fraction of sp³-hybridized carbons (Fsp3) is 0.667. The van der Waals surface area contributed by atoms with E-state index in [4.69, 9.17) is 10.2 Å². The van der Waals surface area contributed by atoms with Crippen molar-refractivity contribution in [3.63, 3.8) is 0 Å². The molecule has 16 heavy (non-hydrogen) atoms. The lowest BCUT2D eigenvalue weighted by atomic mass is 10.1. The number of methoxy groups -OCH3 is 1. The first-order valence-electron chi connectivity index (χ1n) is 4.76. The number of rotatable bonds is 7. The summed E-state index contributed by atoms with van der Waals surface area (Å²) in [6.45, 7) is 0. The maximum Gasteiger partial charge on any atom is 0.407 e. The molecule has 0 spiro atoms. The Hall–Kier alpha value is -1.79. The zero-order chi connectivity index (χ0) is 12.6. The van der Waals surface area contributed by atoms with Crippen molar-refractivity contribution in [1.82, 2.24) is 5.32 Å². The van der Waals surface area contributed by atoms with Crippen LogP contribution < -0.4 is 5.32 Å². The third kappa shape index (κ3) is 6.63. The van der Waals surface area contributed by atoms with Gasteiger partial charge in [-0.15, -0.1) is 0 Å². The van der Waals surface area contributed by atoms with Crippen molar-refractivity contribution in [2.45, 2.75) is 31.7 Å². The Bertz CT molecular complexity index is 265. The van der Waals surface area contributed by atoms with Gasteiger partial charge in [-0.25, -0.2) is 9.59 Å². The van der Waals surface area contributed by atoms with Crippen LogP contribution in [0.5, 0.6) is 0 Å². The minimum Gasteiger partial charge on any atom is -0.481 e. The largest absolute Gasteiger partial charge is 0.481 e. The smallest absolute Gasteiger partial charge is 0.407 e. The second-order valence-corrected chi connectivity index (χ2v) is 3.17. The van der Waals surface area contributed by atoms with E-state index in [1.165, 1.54) is 0 Å². The summed E-state index contributed by atoms with van der Waals surface area (Å²) in [6.07, 6.45) is 0.142. The predicted molar refractivity (Wildman–Crippen MR) is 53.1 cm³/mol. The first kappa shape index (κ1) is 14.2. The van der Waals surface area contributed by atoms with Crippen LogP contribution in [0.1, 0.15) is 25.7 Å². The molecule has 92 valence electrons. The number of carbonyl (C=O) groups is 3. The molecule has 1 unspecified atom stereocenters. The highest BCUT2D eigenvalue weighted by molar-refractivity contribution is 5.79. The highest BCUT2D eigenvalue weighted by Crippen LogP contribution is 2.04. The molecule has 0 aliphatic carbocycles. The molecule has 0 fully saturated rings. The molecule has 0 aliphatic rings. The number of ether oxygens (including phenoxy) is 1. The van der Waals surface area contributed by atoms with Crippen LogP contribution in [0.15, 0.2) is 0 Å². The minimum absolute atomic E-state index is 0.00936. The van der Waals surface area contributed by atoms with Gasteiger partial charge in [-0.2, -0.15) is 0 Å². The number of alkyl carbamates (subject to hydrolysis) is 1. The topological polar surface area (TPSA) is 113 Å². The van der Waals surface area contributed by atoms with Crippen LogP contribution in [0.2, 0.25) is 0 Å². The molecule has 0 aromatic rings. The van der Waals surface area contributed by atoms with Crippen molar-refractivity contribution in [3.05, 3.63) is 0 Å². The third-order valence-corrected chi connectivity index (χ3v) is 1.91. The highest BCUT2D eigenvalue weighted by atomic mass is 16.5. The highest BCUT2D eigenvalue weighted by Gasteiger charge is 2.19. The Morgan fingerprint density at radius 1 is 1.25 bits per heavy atom. The summed E-state index contributed by atoms with van der Waals surface area (Å²) in [5, 5.41) is 19.3. The van der Waals surface area contributed by atoms with Gasteiger partial charge >= 0.3 is 18.0 Å². The van der Waals surface area contributed by atoms with E-state index in [1.54, 1.807) is 0 Å². The molecular formula is C9H15NO6. The quantitative estimate of drug-likeness (QED) is 0.550. The summed E-state index contributed by atoms with van der Waals surface area (Å²) in [6, 6.07) is -1.04. The number of hydrogen-bond donors (Lipinski definition) is 3. The molecule has 0 heterocycles. The third-order valence-electron chi connectivity index (χ3n) is 1.91. The molecule has 0 radical (unpaired) electrons. The average Bonchev–Trinajstić information content (AvgIpc) is 2.21. The molecule has 0 rings (SSSR count). The van der Waals surface area contributed by atoms with E-state index in [0.29, 0.717) is 12.8 Å². The number of carbonyl (C=O) groups excluding carboxylic acids is 1. The summed E-state index contributed by atoms with van der Waals surface area (Å²) >= 11 is 0. The molecule has 7 nitrogen and oxygen atoms in total. The monoisotopic (exact) mass is 233 g/mol. The molecule has 3 N–H and O–H groups in total. The van der Waals surface area contributed by atoms with E-state index in [0.717, 1.165) is 7.11 Å². The van der Waals surface area contributed by atoms with E-state index in [9.17, 15) is 14.4 Å². The maximum atomic E-state index is 10.8. The molecule has 0 saturated carbocycles. The van der Waals surface area contributed by atoms with Crippen molar-refractivity contribution in [3.8, 4) is 0 Å². The lowest BCUT2D eigenvalue weighted by molar-refractivity contribution is -0.139. The second-order valence-electron chi connectivity index (χ2n) is 3.17. The maximum absolute atomic E-state index is 10.8. The van der Waals surface area contributed by atoms with Crippen molar-refractivity contribution in [2.24, 2.45) is 0 Å². The zero-order valence-corrected chi connectivity index (χ0v) is 8.93. The van der Waals surface area contributed by atoms with Crippen LogP contribution in [0.4, 0.5) is 4.79 Å². The molecule has 0 saturated heterocycles. The predicted octanol–water partition coefficient (Wildman–Crippen LogP) is 0.441. The Kier molecular flexibility index (Phi) is 6.66. The van der Waals surface area contributed by atoms with Crippen LogP contribution in [0.25, 0.3) is 0 Å². The van der Waals surface area contributed by atoms with Gasteiger partial charge in [-0.05, 0) is 12.8 Å². The van der Waals surface area contributed by atoms with Gasteiger partial charge < -0.3 is 20.3 Å². The number of nitrogens with one attached hydrogen (secondary N) is 1. The summed E-state index contributed by atoms with van der Waals surface area (Å²) in [5.74, 6) is -2.09. The lowest BCUT2D eigenvalue weighted by Crippen LogP contribution is -2.40. The molecule has 0 bridgehead atoms. The zero-order valence-electron chi connectivity index (χ0n) is 8.93. The van der Waals surface area contributed by atoms with Gasteiger partial charge in [0.05, 0.1) is 7.11 Å². The standard InChI is InChI=1S/C9H15NO6/c1-16-9(15)10-6(8(13)14)4-2-3-5-7(11)12/h6H,2-5H2,1H3,(H,10,15)(H,11,12)(H,13,14). The van der Waals surface area contributed by atoms with E-state index >= 15 is 0 Å². The minimum atomic E-state index is -1.17. The molecule has 7 heteroatoms. The second kappa shape index (κ2) is 7.49. The number of carboxylic acid groups (broad SMARTS) is 2. The SMILES string of the molecule is COC(=O)NC(CCCCC(=O)O)C(=O)O. The van der Waals surface area contributed by atoms with Gasteiger partial charge in [0.1, 0.15) is 6.04 Å². The number of aliphatic carboxylic acids is 2. The van der Waals surface area contributed by atoms with Crippen LogP contribution >= 0.6 is 0 Å². The Morgan fingerprint density at radius 2 is 1.88 bits per heavy atom. The van der Waals surface area contributed by atoms with E-state index in [-0.39, 0.29) is 12.8 Å². The number of unbranched alkanes of at least 4 members (excludes halogenated alkanes) is 1. The van der Waals surface area contributed by atoms with Gasteiger partial charge in [0.15, 0.2) is 0 Å². The van der Waals surface area contributed by atoms with Gasteiger partial charge in [-0.1, -0.05) is 6.42 Å². The number of amides is 1. The normalized spacial score (nSPS) is 11.6. The Morgan fingerprint density at radius 3 is 2.31 bits per heavy atom. The molecule has 0 aliphatic heterocycles. The van der Waals surface area contributed by atoms with Gasteiger partial charge in [0, 0.05) is 6.42 Å². The van der Waals surface area contributed by atoms with Gasteiger partial charge in [-0.3, -0.25) is 4.79 Å². The molecule has 1 atom stereocenters. The van der Waals surface area contributed by atoms with Crippen LogP contribution in [-0.4, -0.2) is 41.4 Å². The molecule has 0 aromatic carbocycles. The van der Waals surface area contributed by atoms with Crippen LogP contribution in [0.3, 0.4) is 0 Å². The molecule has 0 aromatic heterocycles.